The fraction of sp³-hybridized carbons (Fsp3) is 0.407. The third-order valence-corrected chi connectivity index (χ3v) is 7.40. The van der Waals surface area contributed by atoms with Gasteiger partial charge in [0.25, 0.3) is 0 Å². The van der Waals surface area contributed by atoms with E-state index < -0.39 is 0 Å². The highest BCUT2D eigenvalue weighted by atomic mass is 16.5. The summed E-state index contributed by atoms with van der Waals surface area (Å²) in [6.45, 7) is 8.69. The predicted octanol–water partition coefficient (Wildman–Crippen LogP) is 2.95. The summed E-state index contributed by atoms with van der Waals surface area (Å²) in [5, 5.41) is 0.926. The van der Waals surface area contributed by atoms with Crippen molar-refractivity contribution in [2.24, 2.45) is 4.99 Å². The van der Waals surface area contributed by atoms with Crippen LogP contribution >= 0.6 is 0 Å². The van der Waals surface area contributed by atoms with E-state index in [4.69, 9.17) is 24.1 Å². The number of rotatable bonds is 4. The Hall–Kier alpha value is -3.40. The number of pyridine rings is 1. The molecule has 0 saturated carbocycles. The van der Waals surface area contributed by atoms with E-state index in [1.54, 1.807) is 0 Å². The summed E-state index contributed by atoms with van der Waals surface area (Å²) in [7, 11) is 2.17. The van der Waals surface area contributed by atoms with Crippen LogP contribution in [-0.4, -0.2) is 90.5 Å². The molecule has 3 aromatic heterocycles. The molecule has 36 heavy (non-hydrogen) atoms. The lowest BCUT2D eigenvalue weighted by Gasteiger charge is -2.31. The Bertz CT molecular complexity index is 1470. The summed E-state index contributed by atoms with van der Waals surface area (Å²) in [4.78, 5) is 26.4. The van der Waals surface area contributed by atoms with Gasteiger partial charge in [-0.15, -0.1) is 0 Å². The van der Waals surface area contributed by atoms with Crippen LogP contribution in [0.3, 0.4) is 0 Å². The standard InChI is InChI=1S/C27H29N7O2/c1-32-6-8-33(9-7-32)17-21-4-5-22-23-24(36-27(22)29-21)26(34-10-12-35-13-11-34)31-25(30-23)18-2-3-19-15-28-16-20(19)14-18/h2-5,14-15H,6-13,16-17H2,1H3. The molecule has 0 spiro atoms. The molecule has 4 aromatic rings. The van der Waals surface area contributed by atoms with Gasteiger partial charge in [0.1, 0.15) is 5.52 Å². The van der Waals surface area contributed by atoms with Crippen molar-refractivity contribution in [1.29, 1.82) is 0 Å². The molecule has 184 valence electrons. The number of piperazine rings is 1. The summed E-state index contributed by atoms with van der Waals surface area (Å²) in [6.07, 6.45) is 1.93. The Morgan fingerprint density at radius 2 is 1.78 bits per heavy atom. The van der Waals surface area contributed by atoms with Gasteiger partial charge in [0.05, 0.1) is 30.8 Å². The molecule has 0 aliphatic carbocycles. The molecule has 3 aliphatic rings. The number of likely N-dealkylation sites (N-methyl/N-ethyl adjacent to an activating group) is 1. The predicted molar refractivity (Wildman–Crippen MR) is 140 cm³/mol. The minimum absolute atomic E-state index is 0.625. The van der Waals surface area contributed by atoms with E-state index in [0.29, 0.717) is 36.9 Å². The number of aromatic nitrogens is 3. The highest BCUT2D eigenvalue weighted by molar-refractivity contribution is 6.05. The summed E-state index contributed by atoms with van der Waals surface area (Å²) in [6, 6.07) is 10.5. The first kappa shape index (κ1) is 21.8. The molecule has 0 radical (unpaired) electrons. The molecule has 0 bridgehead atoms. The Kier molecular flexibility index (Phi) is 5.41. The topological polar surface area (TPSA) is 83.1 Å². The molecule has 2 fully saturated rings. The lowest BCUT2D eigenvalue weighted by atomic mass is 10.1. The first-order valence-corrected chi connectivity index (χ1v) is 12.7. The van der Waals surface area contributed by atoms with Crippen molar-refractivity contribution in [2.45, 2.75) is 13.1 Å². The van der Waals surface area contributed by atoms with E-state index in [-0.39, 0.29) is 0 Å². The van der Waals surface area contributed by atoms with Crippen molar-refractivity contribution in [2.75, 3.05) is 64.4 Å². The summed E-state index contributed by atoms with van der Waals surface area (Å²) < 4.78 is 12.0. The number of aliphatic imine (C=N–C) groups is 1. The van der Waals surface area contributed by atoms with E-state index in [0.717, 1.165) is 73.8 Å². The van der Waals surface area contributed by atoms with Crippen LogP contribution in [0.15, 0.2) is 39.7 Å². The van der Waals surface area contributed by atoms with Gasteiger partial charge in [-0.05, 0) is 36.4 Å². The zero-order valence-electron chi connectivity index (χ0n) is 20.5. The highest BCUT2D eigenvalue weighted by Gasteiger charge is 2.24. The van der Waals surface area contributed by atoms with Crippen molar-refractivity contribution in [1.82, 2.24) is 24.8 Å². The Labute approximate surface area is 209 Å². The number of nitrogens with zero attached hydrogens (tertiary/aromatic N) is 7. The van der Waals surface area contributed by atoms with Crippen LogP contribution in [0.5, 0.6) is 0 Å². The van der Waals surface area contributed by atoms with Crippen LogP contribution in [0.4, 0.5) is 5.82 Å². The van der Waals surface area contributed by atoms with E-state index >= 15 is 0 Å². The van der Waals surface area contributed by atoms with Crippen LogP contribution in [0.1, 0.15) is 16.8 Å². The highest BCUT2D eigenvalue weighted by Crippen LogP contribution is 2.35. The van der Waals surface area contributed by atoms with Gasteiger partial charge in [-0.25, -0.2) is 15.0 Å². The number of ether oxygens (including phenoxy) is 1. The summed E-state index contributed by atoms with van der Waals surface area (Å²) in [5.41, 5.74) is 6.52. The van der Waals surface area contributed by atoms with Crippen molar-refractivity contribution < 1.29 is 9.15 Å². The molecular weight excluding hydrogens is 454 g/mol. The van der Waals surface area contributed by atoms with E-state index in [1.807, 2.05) is 6.21 Å². The molecule has 9 heteroatoms. The fourth-order valence-electron chi connectivity index (χ4n) is 5.24. The minimum Gasteiger partial charge on any atom is -0.432 e. The zero-order valence-corrected chi connectivity index (χ0v) is 20.5. The molecule has 0 amide bonds. The normalized spacial score (nSPS) is 19.0. The molecular formula is C27H29N7O2. The van der Waals surface area contributed by atoms with Crippen LogP contribution < -0.4 is 4.90 Å². The second-order valence-electron chi connectivity index (χ2n) is 9.87. The summed E-state index contributed by atoms with van der Waals surface area (Å²) >= 11 is 0. The number of benzene rings is 1. The lowest BCUT2D eigenvalue weighted by Crippen LogP contribution is -2.43. The Morgan fingerprint density at radius 3 is 2.64 bits per heavy atom. The number of furan rings is 1. The molecule has 0 N–H and O–H groups in total. The van der Waals surface area contributed by atoms with Crippen molar-refractivity contribution >= 4 is 34.2 Å². The number of hydrogen-bond donors (Lipinski definition) is 0. The monoisotopic (exact) mass is 483 g/mol. The van der Waals surface area contributed by atoms with Gasteiger partial charge < -0.3 is 19.0 Å². The van der Waals surface area contributed by atoms with E-state index in [1.165, 1.54) is 11.1 Å². The third-order valence-electron chi connectivity index (χ3n) is 7.40. The molecule has 7 rings (SSSR count). The van der Waals surface area contributed by atoms with Crippen molar-refractivity contribution in [3.05, 3.63) is 47.2 Å². The van der Waals surface area contributed by atoms with Gasteiger partial charge in [-0.3, -0.25) is 9.89 Å². The molecule has 9 nitrogen and oxygen atoms in total. The van der Waals surface area contributed by atoms with E-state index in [2.05, 4.69) is 57.1 Å². The van der Waals surface area contributed by atoms with Gasteiger partial charge in [0.2, 0.25) is 5.71 Å². The number of anilines is 1. The number of fused-ring (bicyclic) bond motifs is 4. The maximum absolute atomic E-state index is 6.38. The Morgan fingerprint density at radius 1 is 0.917 bits per heavy atom. The maximum atomic E-state index is 6.38. The summed E-state index contributed by atoms with van der Waals surface area (Å²) in [5.74, 6) is 1.51. The molecule has 1 aromatic carbocycles. The van der Waals surface area contributed by atoms with Gasteiger partial charge in [0, 0.05) is 57.6 Å². The molecule has 2 saturated heterocycles. The second-order valence-corrected chi connectivity index (χ2v) is 9.87. The van der Waals surface area contributed by atoms with Gasteiger partial charge in [-0.2, -0.15) is 0 Å². The smallest absolute Gasteiger partial charge is 0.229 e. The van der Waals surface area contributed by atoms with Crippen LogP contribution in [0.2, 0.25) is 0 Å². The average Bonchev–Trinajstić information content (AvgIpc) is 3.53. The molecule has 3 aliphatic heterocycles. The zero-order chi connectivity index (χ0) is 24.1. The number of morpholine rings is 1. The lowest BCUT2D eigenvalue weighted by molar-refractivity contribution is 0.122. The van der Waals surface area contributed by atoms with Gasteiger partial charge in [0.15, 0.2) is 17.2 Å². The van der Waals surface area contributed by atoms with Crippen molar-refractivity contribution in [3.8, 4) is 11.4 Å². The van der Waals surface area contributed by atoms with Crippen molar-refractivity contribution in [3.63, 3.8) is 0 Å². The molecule has 6 heterocycles. The SMILES string of the molecule is CN1CCN(Cc2ccc3c(n2)oc2c(N4CCOCC4)nc(-c4ccc5c(c4)CN=C5)nc23)CC1. The fourth-order valence-corrected chi connectivity index (χ4v) is 5.24. The first-order valence-electron chi connectivity index (χ1n) is 12.7. The Balaban J connectivity index is 1.31. The molecule has 0 unspecified atom stereocenters. The first-order chi connectivity index (χ1) is 17.7. The minimum atomic E-state index is 0.625. The van der Waals surface area contributed by atoms with Crippen LogP contribution in [0.25, 0.3) is 33.6 Å². The van der Waals surface area contributed by atoms with Gasteiger partial charge in [-0.1, -0.05) is 12.1 Å². The third kappa shape index (κ3) is 3.93. The van der Waals surface area contributed by atoms with E-state index in [9.17, 15) is 0 Å². The second kappa shape index (κ2) is 8.92. The van der Waals surface area contributed by atoms with Crippen LogP contribution in [-0.2, 0) is 17.8 Å². The quantitative estimate of drug-likeness (QED) is 0.438. The van der Waals surface area contributed by atoms with Gasteiger partial charge >= 0.3 is 0 Å². The molecule has 0 atom stereocenters. The maximum Gasteiger partial charge on any atom is 0.229 e. The largest absolute Gasteiger partial charge is 0.432 e. The van der Waals surface area contributed by atoms with Crippen LogP contribution in [0, 0.1) is 0 Å². The number of hydrogen-bond acceptors (Lipinski definition) is 9. The average molecular weight is 484 g/mol.